The van der Waals surface area contributed by atoms with E-state index in [1.807, 2.05) is 30.0 Å². The number of benzene rings is 2. The van der Waals surface area contributed by atoms with E-state index in [1.165, 1.54) is 10.5 Å². The van der Waals surface area contributed by atoms with Crippen molar-refractivity contribution >= 4 is 29.4 Å². The minimum Gasteiger partial charge on any atom is -0.342 e. The third-order valence-corrected chi connectivity index (χ3v) is 6.54. The molecule has 2 nitrogen and oxygen atoms in total. The van der Waals surface area contributed by atoms with Crippen LogP contribution in [-0.4, -0.2) is 35.4 Å². The van der Waals surface area contributed by atoms with Gasteiger partial charge < -0.3 is 4.90 Å². The molecule has 2 aromatic carbocycles. The molecule has 1 aliphatic rings. The molecule has 1 atom stereocenters. The Hall–Kier alpha value is -1.39. The van der Waals surface area contributed by atoms with Gasteiger partial charge in [0.05, 0.1) is 0 Å². The van der Waals surface area contributed by atoms with Gasteiger partial charge in [0, 0.05) is 41.2 Å². The predicted molar refractivity (Wildman–Crippen MR) is 105 cm³/mol. The van der Waals surface area contributed by atoms with Crippen LogP contribution < -0.4 is 0 Å². The molecule has 24 heavy (non-hydrogen) atoms. The molecule has 1 saturated heterocycles. The van der Waals surface area contributed by atoms with Crippen LogP contribution in [0.15, 0.2) is 65.6 Å². The van der Waals surface area contributed by atoms with Gasteiger partial charge in [-0.2, -0.15) is 11.8 Å². The maximum absolute atomic E-state index is 12.5. The first-order valence-electron chi connectivity index (χ1n) is 8.45. The Labute approximate surface area is 153 Å². The number of hydrogen-bond acceptors (Lipinski definition) is 3. The van der Waals surface area contributed by atoms with Crippen LogP contribution in [0.1, 0.15) is 23.7 Å². The van der Waals surface area contributed by atoms with Crippen LogP contribution in [-0.2, 0) is 4.79 Å². The molecule has 126 valence electrons. The van der Waals surface area contributed by atoms with Crippen molar-refractivity contribution in [1.29, 1.82) is 0 Å². The lowest BCUT2D eigenvalue weighted by atomic mass is 10.1. The highest BCUT2D eigenvalue weighted by Crippen LogP contribution is 2.34. The van der Waals surface area contributed by atoms with Gasteiger partial charge >= 0.3 is 0 Å². The van der Waals surface area contributed by atoms with Crippen molar-refractivity contribution in [2.24, 2.45) is 0 Å². The fraction of sp³-hybridized carbons (Fsp3) is 0.350. The van der Waals surface area contributed by atoms with Gasteiger partial charge in [0.25, 0.3) is 0 Å². The lowest BCUT2D eigenvalue weighted by Crippen LogP contribution is -2.33. The predicted octanol–water partition coefficient (Wildman–Crippen LogP) is 4.88. The number of amides is 1. The van der Waals surface area contributed by atoms with E-state index in [9.17, 15) is 4.79 Å². The number of carbonyl (C=O) groups is 1. The Bertz CT molecular complexity index is 633. The summed E-state index contributed by atoms with van der Waals surface area (Å²) in [4.78, 5) is 15.8. The highest BCUT2D eigenvalue weighted by molar-refractivity contribution is 7.99. The third kappa shape index (κ3) is 5.05. The summed E-state index contributed by atoms with van der Waals surface area (Å²) < 4.78 is 0. The molecule has 0 saturated carbocycles. The van der Waals surface area contributed by atoms with E-state index in [0.29, 0.717) is 17.6 Å². The second-order valence-corrected chi connectivity index (χ2v) is 8.33. The monoisotopic (exact) mass is 357 g/mol. The molecule has 0 aromatic heterocycles. The van der Waals surface area contributed by atoms with Crippen LogP contribution >= 0.6 is 23.5 Å². The molecule has 1 heterocycles. The average molecular weight is 358 g/mol. The normalized spacial score (nSPS) is 18.2. The molecule has 0 bridgehead atoms. The fourth-order valence-corrected chi connectivity index (χ4v) is 4.98. The number of carbonyl (C=O) groups excluding carboxylic acids is 1. The van der Waals surface area contributed by atoms with Gasteiger partial charge in [-0.15, -0.1) is 11.8 Å². The molecular weight excluding hydrogens is 334 g/mol. The van der Waals surface area contributed by atoms with Gasteiger partial charge in [0.15, 0.2) is 0 Å². The van der Waals surface area contributed by atoms with Crippen molar-refractivity contribution in [2.45, 2.75) is 23.0 Å². The zero-order valence-electron chi connectivity index (χ0n) is 13.8. The van der Waals surface area contributed by atoms with Crippen molar-refractivity contribution < 1.29 is 4.79 Å². The average Bonchev–Trinajstić information content (AvgIpc) is 2.89. The third-order valence-electron chi connectivity index (χ3n) is 4.19. The summed E-state index contributed by atoms with van der Waals surface area (Å²) in [6, 6.07) is 21.0. The van der Waals surface area contributed by atoms with E-state index in [0.717, 1.165) is 31.0 Å². The van der Waals surface area contributed by atoms with Crippen LogP contribution in [0.3, 0.4) is 0 Å². The molecule has 0 N–H and O–H groups in total. The second kappa shape index (κ2) is 9.19. The summed E-state index contributed by atoms with van der Waals surface area (Å²) >= 11 is 3.74. The zero-order valence-corrected chi connectivity index (χ0v) is 15.4. The molecular formula is C20H23NOS2. The Morgan fingerprint density at radius 1 is 1.04 bits per heavy atom. The van der Waals surface area contributed by atoms with Crippen LogP contribution in [0.5, 0.6) is 0 Å². The summed E-state index contributed by atoms with van der Waals surface area (Å²) in [6.45, 7) is 1.75. The van der Waals surface area contributed by atoms with E-state index in [2.05, 4.69) is 47.4 Å². The molecule has 3 rings (SSSR count). The second-order valence-electron chi connectivity index (χ2n) is 5.85. The minimum atomic E-state index is 0.299. The SMILES string of the molecule is O=C(CCSc1ccccc1)N1CCS[C@@H](c2ccccc2)CC1. The first-order chi connectivity index (χ1) is 11.8. The molecule has 0 aliphatic carbocycles. The number of hydrogen-bond donors (Lipinski definition) is 0. The van der Waals surface area contributed by atoms with Gasteiger partial charge in [-0.25, -0.2) is 0 Å². The molecule has 0 radical (unpaired) electrons. The standard InChI is InChI=1S/C20H23NOS2/c22-20(12-15-23-18-9-5-2-6-10-18)21-13-11-19(24-16-14-21)17-7-3-1-4-8-17/h1-10,19H,11-16H2/t19-/m1/s1. The van der Waals surface area contributed by atoms with Crippen molar-refractivity contribution in [3.05, 3.63) is 66.2 Å². The van der Waals surface area contributed by atoms with Gasteiger partial charge in [-0.05, 0) is 24.1 Å². The molecule has 0 unspecified atom stereocenters. The maximum Gasteiger partial charge on any atom is 0.223 e. The zero-order chi connectivity index (χ0) is 16.6. The minimum absolute atomic E-state index is 0.299. The number of rotatable bonds is 5. The Kier molecular flexibility index (Phi) is 6.67. The number of thioether (sulfide) groups is 2. The molecule has 1 amide bonds. The lowest BCUT2D eigenvalue weighted by molar-refractivity contribution is -0.130. The van der Waals surface area contributed by atoms with Gasteiger partial charge in [-0.1, -0.05) is 48.5 Å². The maximum atomic E-state index is 12.5. The van der Waals surface area contributed by atoms with E-state index < -0.39 is 0 Å². The van der Waals surface area contributed by atoms with Crippen molar-refractivity contribution in [3.63, 3.8) is 0 Å². The van der Waals surface area contributed by atoms with E-state index in [4.69, 9.17) is 0 Å². The smallest absolute Gasteiger partial charge is 0.223 e. The van der Waals surface area contributed by atoms with Crippen molar-refractivity contribution in [3.8, 4) is 0 Å². The van der Waals surface area contributed by atoms with Crippen LogP contribution in [0.4, 0.5) is 0 Å². The van der Waals surface area contributed by atoms with Crippen LogP contribution in [0, 0.1) is 0 Å². The fourth-order valence-electron chi connectivity index (χ4n) is 2.88. The molecule has 1 fully saturated rings. The Balaban J connectivity index is 1.46. The van der Waals surface area contributed by atoms with E-state index in [-0.39, 0.29) is 0 Å². The molecule has 0 spiro atoms. The first-order valence-corrected chi connectivity index (χ1v) is 10.5. The molecule has 4 heteroatoms. The van der Waals surface area contributed by atoms with Gasteiger partial charge in [0.1, 0.15) is 0 Å². The topological polar surface area (TPSA) is 20.3 Å². The van der Waals surface area contributed by atoms with E-state index >= 15 is 0 Å². The van der Waals surface area contributed by atoms with Crippen molar-refractivity contribution in [1.82, 2.24) is 4.90 Å². The van der Waals surface area contributed by atoms with Crippen LogP contribution in [0.25, 0.3) is 0 Å². The van der Waals surface area contributed by atoms with Crippen LogP contribution in [0.2, 0.25) is 0 Å². The lowest BCUT2D eigenvalue weighted by Gasteiger charge is -2.20. The van der Waals surface area contributed by atoms with Gasteiger partial charge in [0.2, 0.25) is 5.91 Å². The summed E-state index contributed by atoms with van der Waals surface area (Å²) in [7, 11) is 0. The highest BCUT2D eigenvalue weighted by atomic mass is 32.2. The quantitative estimate of drug-likeness (QED) is 0.712. The molecule has 2 aromatic rings. The summed E-state index contributed by atoms with van der Waals surface area (Å²) in [5.74, 6) is 2.18. The van der Waals surface area contributed by atoms with Gasteiger partial charge in [-0.3, -0.25) is 4.79 Å². The summed E-state index contributed by atoms with van der Waals surface area (Å²) in [6.07, 6.45) is 1.67. The summed E-state index contributed by atoms with van der Waals surface area (Å²) in [5.41, 5.74) is 1.39. The largest absolute Gasteiger partial charge is 0.342 e. The van der Waals surface area contributed by atoms with E-state index in [1.54, 1.807) is 11.8 Å². The highest BCUT2D eigenvalue weighted by Gasteiger charge is 2.21. The molecule has 1 aliphatic heterocycles. The summed E-state index contributed by atoms with van der Waals surface area (Å²) in [5, 5.41) is 0.516. The first kappa shape index (κ1) is 17.4. The number of nitrogens with zero attached hydrogens (tertiary/aromatic N) is 1. The Morgan fingerprint density at radius 2 is 1.75 bits per heavy atom. The van der Waals surface area contributed by atoms with Crippen molar-refractivity contribution in [2.75, 3.05) is 24.6 Å². The Morgan fingerprint density at radius 3 is 2.50 bits per heavy atom.